The number of carbonyl (C=O) groups is 2. The fourth-order valence-electron chi connectivity index (χ4n) is 3.54. The van der Waals surface area contributed by atoms with Crippen LogP contribution >= 0.6 is 0 Å². The van der Waals surface area contributed by atoms with Gasteiger partial charge in [0, 0.05) is 19.1 Å². The second kappa shape index (κ2) is 8.21. The number of hydrogen-bond donors (Lipinski definition) is 1. The topological polar surface area (TPSA) is 92.8 Å². The summed E-state index contributed by atoms with van der Waals surface area (Å²) in [4.78, 5) is 24.3. The number of sulfonamides is 1. The third-order valence-electron chi connectivity index (χ3n) is 5.14. The van der Waals surface area contributed by atoms with Gasteiger partial charge in [-0.3, -0.25) is 4.79 Å². The third kappa shape index (κ3) is 4.91. The van der Waals surface area contributed by atoms with Gasteiger partial charge in [-0.2, -0.15) is 4.31 Å². The van der Waals surface area contributed by atoms with Crippen LogP contribution < -0.4 is 5.32 Å². The lowest BCUT2D eigenvalue weighted by atomic mass is 9.94. The summed E-state index contributed by atoms with van der Waals surface area (Å²) >= 11 is 0. The molecule has 1 saturated heterocycles. The van der Waals surface area contributed by atoms with Crippen molar-refractivity contribution in [3.63, 3.8) is 0 Å². The van der Waals surface area contributed by atoms with Crippen LogP contribution in [-0.2, 0) is 19.6 Å². The monoisotopic (exact) mass is 408 g/mol. The fraction of sp³-hybridized carbons (Fsp3) is 0.600. The molecule has 1 heterocycles. The molecule has 1 saturated carbocycles. The zero-order valence-electron chi connectivity index (χ0n) is 16.6. The molecule has 0 radical (unpaired) electrons. The van der Waals surface area contributed by atoms with E-state index >= 15 is 0 Å². The van der Waals surface area contributed by atoms with E-state index in [1.807, 2.05) is 0 Å². The number of amides is 1. The molecule has 0 aromatic heterocycles. The Labute approximate surface area is 166 Å². The molecule has 0 bridgehead atoms. The van der Waals surface area contributed by atoms with E-state index in [1.165, 1.54) is 35.5 Å². The third-order valence-corrected chi connectivity index (χ3v) is 6.99. The summed E-state index contributed by atoms with van der Waals surface area (Å²) in [6.45, 7) is 6.64. The minimum absolute atomic E-state index is 0.157. The van der Waals surface area contributed by atoms with Crippen LogP contribution in [-0.4, -0.2) is 49.8 Å². The number of piperidine rings is 1. The van der Waals surface area contributed by atoms with Gasteiger partial charge in [-0.05, 0) is 62.3 Å². The highest BCUT2D eigenvalue weighted by atomic mass is 32.2. The largest absolute Gasteiger partial charge is 0.449 e. The molecule has 2 fully saturated rings. The molecule has 0 spiro atoms. The van der Waals surface area contributed by atoms with Crippen molar-refractivity contribution in [2.24, 2.45) is 11.8 Å². The van der Waals surface area contributed by atoms with E-state index in [0.717, 1.165) is 19.3 Å². The van der Waals surface area contributed by atoms with Crippen LogP contribution in [0.4, 0.5) is 0 Å². The van der Waals surface area contributed by atoms with Crippen molar-refractivity contribution in [1.82, 2.24) is 9.62 Å². The predicted molar refractivity (Wildman–Crippen MR) is 104 cm³/mol. The Morgan fingerprint density at radius 2 is 1.68 bits per heavy atom. The van der Waals surface area contributed by atoms with Crippen LogP contribution in [0.1, 0.15) is 50.4 Å². The minimum Gasteiger partial charge on any atom is -0.449 e. The van der Waals surface area contributed by atoms with Crippen LogP contribution in [0.3, 0.4) is 0 Å². The first-order valence-corrected chi connectivity index (χ1v) is 11.2. The van der Waals surface area contributed by atoms with E-state index < -0.39 is 22.1 Å². The van der Waals surface area contributed by atoms with Gasteiger partial charge in [0.2, 0.25) is 10.0 Å². The molecule has 28 heavy (non-hydrogen) atoms. The highest BCUT2D eigenvalue weighted by Crippen LogP contribution is 2.27. The summed E-state index contributed by atoms with van der Waals surface area (Å²) in [6.07, 6.45) is 2.03. The van der Waals surface area contributed by atoms with Crippen molar-refractivity contribution in [2.75, 3.05) is 13.1 Å². The van der Waals surface area contributed by atoms with Crippen molar-refractivity contribution in [1.29, 1.82) is 0 Å². The maximum absolute atomic E-state index is 12.9. The summed E-state index contributed by atoms with van der Waals surface area (Å²) < 4.78 is 32.5. The Morgan fingerprint density at radius 3 is 2.21 bits per heavy atom. The molecule has 1 N–H and O–H groups in total. The van der Waals surface area contributed by atoms with Gasteiger partial charge in [0.25, 0.3) is 5.91 Å². The normalized spacial score (nSPS) is 24.4. The molecule has 3 atom stereocenters. The van der Waals surface area contributed by atoms with Gasteiger partial charge in [-0.1, -0.05) is 13.8 Å². The van der Waals surface area contributed by atoms with Crippen LogP contribution in [0.5, 0.6) is 0 Å². The van der Waals surface area contributed by atoms with E-state index in [-0.39, 0.29) is 22.4 Å². The van der Waals surface area contributed by atoms with Gasteiger partial charge < -0.3 is 10.1 Å². The van der Waals surface area contributed by atoms with E-state index in [4.69, 9.17) is 4.74 Å². The Kier molecular flexibility index (Phi) is 6.09. The van der Waals surface area contributed by atoms with Gasteiger partial charge in [-0.15, -0.1) is 0 Å². The highest BCUT2D eigenvalue weighted by Gasteiger charge is 2.32. The van der Waals surface area contributed by atoms with Gasteiger partial charge in [0.15, 0.2) is 6.10 Å². The van der Waals surface area contributed by atoms with E-state index in [0.29, 0.717) is 24.9 Å². The number of nitrogens with one attached hydrogen (secondary N) is 1. The standard InChI is InChI=1S/C20H28N2O5S/c1-13-10-14(2)12-22(11-13)28(25,26)18-8-4-16(5-9-18)20(24)27-15(3)19(23)21-17-6-7-17/h4-5,8-9,13-15,17H,6-7,10-12H2,1-3H3,(H,21,23)/t13-,14+,15-/m0/s1. The van der Waals surface area contributed by atoms with Crippen molar-refractivity contribution in [2.45, 2.75) is 57.1 Å². The number of esters is 1. The molecule has 3 rings (SSSR count). The van der Waals surface area contributed by atoms with Crippen LogP contribution in [0.2, 0.25) is 0 Å². The predicted octanol–water partition coefficient (Wildman–Crippen LogP) is 2.18. The van der Waals surface area contributed by atoms with Gasteiger partial charge >= 0.3 is 5.97 Å². The first kappa shape index (κ1) is 20.8. The molecule has 0 unspecified atom stereocenters. The van der Waals surface area contributed by atoms with Gasteiger partial charge in [-0.25, -0.2) is 13.2 Å². The average molecular weight is 409 g/mol. The van der Waals surface area contributed by atoms with Gasteiger partial charge in [0.05, 0.1) is 10.5 Å². The number of ether oxygens (including phenoxy) is 1. The molecule has 8 heteroatoms. The summed E-state index contributed by atoms with van der Waals surface area (Å²) in [5.41, 5.74) is 0.213. The Bertz CT molecular complexity index is 823. The lowest BCUT2D eigenvalue weighted by molar-refractivity contribution is -0.129. The smallest absolute Gasteiger partial charge is 0.338 e. The molecule has 1 aliphatic heterocycles. The van der Waals surface area contributed by atoms with Crippen LogP contribution in [0.15, 0.2) is 29.2 Å². The van der Waals surface area contributed by atoms with Crippen LogP contribution in [0, 0.1) is 11.8 Å². The maximum atomic E-state index is 12.9. The molecular formula is C20H28N2O5S. The lowest BCUT2D eigenvalue weighted by Crippen LogP contribution is -2.42. The number of nitrogens with zero attached hydrogens (tertiary/aromatic N) is 1. The van der Waals surface area contributed by atoms with Crippen molar-refractivity contribution in [3.05, 3.63) is 29.8 Å². The number of rotatable bonds is 6. The summed E-state index contributed by atoms with van der Waals surface area (Å²) in [5.74, 6) is -0.335. The van der Waals surface area contributed by atoms with Crippen molar-refractivity contribution < 1.29 is 22.7 Å². The first-order chi connectivity index (χ1) is 13.2. The lowest BCUT2D eigenvalue weighted by Gasteiger charge is -2.34. The van der Waals surface area contributed by atoms with Crippen molar-refractivity contribution >= 4 is 21.9 Å². The second-order valence-electron chi connectivity index (χ2n) is 8.12. The van der Waals surface area contributed by atoms with E-state index in [9.17, 15) is 18.0 Å². The first-order valence-electron chi connectivity index (χ1n) is 9.78. The maximum Gasteiger partial charge on any atom is 0.338 e. The SMILES string of the molecule is C[C@@H]1C[C@H](C)CN(S(=O)(=O)c2ccc(C(=O)O[C@@H](C)C(=O)NC3CC3)cc2)C1. The zero-order chi connectivity index (χ0) is 20.5. The Morgan fingerprint density at radius 1 is 1.11 bits per heavy atom. The molecule has 1 aromatic rings. The van der Waals surface area contributed by atoms with Crippen LogP contribution in [0.25, 0.3) is 0 Å². The molecule has 1 aromatic carbocycles. The fourth-order valence-corrected chi connectivity index (χ4v) is 5.22. The molecule has 1 aliphatic carbocycles. The summed E-state index contributed by atoms with van der Waals surface area (Å²) in [6, 6.07) is 5.89. The molecule has 154 valence electrons. The summed E-state index contributed by atoms with van der Waals surface area (Å²) in [5, 5.41) is 2.78. The van der Waals surface area contributed by atoms with Gasteiger partial charge in [0.1, 0.15) is 0 Å². The second-order valence-corrected chi connectivity index (χ2v) is 10.1. The van der Waals surface area contributed by atoms with E-state index in [2.05, 4.69) is 19.2 Å². The summed E-state index contributed by atoms with van der Waals surface area (Å²) in [7, 11) is -3.60. The molecular weight excluding hydrogens is 380 g/mol. The average Bonchev–Trinajstić information content (AvgIpc) is 3.44. The minimum atomic E-state index is -3.60. The highest BCUT2D eigenvalue weighted by molar-refractivity contribution is 7.89. The van der Waals surface area contributed by atoms with E-state index in [1.54, 1.807) is 0 Å². The quantitative estimate of drug-likeness (QED) is 0.729. The number of carbonyl (C=O) groups excluding carboxylic acids is 2. The Hall–Kier alpha value is -1.93. The molecule has 7 nitrogen and oxygen atoms in total. The number of hydrogen-bond acceptors (Lipinski definition) is 5. The number of benzene rings is 1. The van der Waals surface area contributed by atoms with Crippen molar-refractivity contribution in [3.8, 4) is 0 Å². The molecule has 2 aliphatic rings. The zero-order valence-corrected chi connectivity index (χ0v) is 17.4. The molecule has 1 amide bonds. The Balaban J connectivity index is 1.65.